The number of carbonyl (C=O) groups is 3. The van der Waals surface area contributed by atoms with Crippen molar-refractivity contribution in [3.8, 4) is 0 Å². The molecule has 2 rings (SSSR count). The van der Waals surface area contributed by atoms with Gasteiger partial charge in [-0.05, 0) is 23.9 Å². The van der Waals surface area contributed by atoms with E-state index < -0.39 is 24.5 Å². The van der Waals surface area contributed by atoms with E-state index in [0.717, 1.165) is 22.6 Å². The molecule has 136 valence electrons. The summed E-state index contributed by atoms with van der Waals surface area (Å²) in [6, 6.07) is 13.0. The summed E-state index contributed by atoms with van der Waals surface area (Å²) >= 11 is 1.52. The van der Waals surface area contributed by atoms with E-state index in [1.165, 1.54) is 11.3 Å². The molecule has 0 aliphatic rings. The topological polar surface area (TPSA) is 81.7 Å². The molecule has 26 heavy (non-hydrogen) atoms. The molecule has 0 aliphatic carbocycles. The Morgan fingerprint density at radius 2 is 1.73 bits per heavy atom. The van der Waals surface area contributed by atoms with Gasteiger partial charge in [0.05, 0.1) is 12.6 Å². The second-order valence-electron chi connectivity index (χ2n) is 5.12. The van der Waals surface area contributed by atoms with Crippen LogP contribution in [0, 0.1) is 0 Å². The lowest BCUT2D eigenvalue weighted by atomic mass is 10.1. The van der Waals surface area contributed by atoms with E-state index >= 15 is 0 Å². The minimum atomic E-state index is -0.791. The van der Waals surface area contributed by atoms with Gasteiger partial charge in [-0.1, -0.05) is 36.4 Å². The highest BCUT2D eigenvalue weighted by molar-refractivity contribution is 7.10. The predicted octanol–water partition coefficient (Wildman–Crippen LogP) is 2.62. The summed E-state index contributed by atoms with van der Waals surface area (Å²) in [7, 11) is 0. The van der Waals surface area contributed by atoms with Gasteiger partial charge in [0.1, 0.15) is 0 Å². The van der Waals surface area contributed by atoms with E-state index in [4.69, 9.17) is 4.74 Å². The zero-order chi connectivity index (χ0) is 18.8. The van der Waals surface area contributed by atoms with Crippen LogP contribution < -0.4 is 5.32 Å². The Hall–Kier alpha value is -2.93. The molecular weight excluding hydrogens is 354 g/mol. The molecule has 0 spiro atoms. The number of rotatable bonds is 8. The molecule has 0 radical (unpaired) electrons. The Kier molecular flexibility index (Phi) is 7.57. The van der Waals surface area contributed by atoms with Gasteiger partial charge in [-0.15, -0.1) is 11.3 Å². The van der Waals surface area contributed by atoms with E-state index in [0.29, 0.717) is 0 Å². The number of benzene rings is 1. The van der Waals surface area contributed by atoms with E-state index in [-0.39, 0.29) is 12.6 Å². The fourth-order valence-electron chi connectivity index (χ4n) is 2.13. The summed E-state index contributed by atoms with van der Waals surface area (Å²) in [5.74, 6) is -1.87. The summed E-state index contributed by atoms with van der Waals surface area (Å²) in [5.41, 5.74) is 0.928. The van der Waals surface area contributed by atoms with Crippen molar-refractivity contribution in [2.75, 3.05) is 13.2 Å². The first-order valence-electron chi connectivity index (χ1n) is 7.99. The molecule has 0 bridgehead atoms. The van der Waals surface area contributed by atoms with Gasteiger partial charge >= 0.3 is 11.9 Å². The van der Waals surface area contributed by atoms with Crippen LogP contribution in [-0.4, -0.2) is 31.1 Å². The molecular formula is C19H19NO5S. The van der Waals surface area contributed by atoms with Gasteiger partial charge in [-0.25, -0.2) is 9.59 Å². The van der Waals surface area contributed by atoms with Crippen LogP contribution >= 0.6 is 11.3 Å². The normalized spacial score (nSPS) is 11.7. The minimum Gasteiger partial charge on any atom is -0.463 e. The SMILES string of the molecule is CCOC(=O)/C=C/C(=O)OCC(=O)N[C@@H](c1ccccc1)c1cccs1. The molecule has 6 nitrogen and oxygen atoms in total. The maximum atomic E-state index is 12.2. The average Bonchev–Trinajstić information content (AvgIpc) is 3.18. The van der Waals surface area contributed by atoms with E-state index in [1.807, 2.05) is 47.8 Å². The number of ether oxygens (including phenoxy) is 2. The fraction of sp³-hybridized carbons (Fsp3) is 0.211. The monoisotopic (exact) mass is 373 g/mol. The maximum Gasteiger partial charge on any atom is 0.331 e. The Balaban J connectivity index is 1.92. The molecule has 1 heterocycles. The predicted molar refractivity (Wildman–Crippen MR) is 97.5 cm³/mol. The van der Waals surface area contributed by atoms with Gasteiger partial charge in [0, 0.05) is 17.0 Å². The van der Waals surface area contributed by atoms with Crippen LogP contribution in [0.25, 0.3) is 0 Å². The molecule has 0 saturated carbocycles. The van der Waals surface area contributed by atoms with Gasteiger partial charge in [-0.3, -0.25) is 4.79 Å². The van der Waals surface area contributed by atoms with E-state index in [9.17, 15) is 14.4 Å². The molecule has 0 unspecified atom stereocenters. The lowest BCUT2D eigenvalue weighted by molar-refractivity contribution is -0.144. The second-order valence-corrected chi connectivity index (χ2v) is 6.10. The average molecular weight is 373 g/mol. The highest BCUT2D eigenvalue weighted by atomic mass is 32.1. The summed E-state index contributed by atoms with van der Waals surface area (Å²) in [6.07, 6.45) is 1.89. The van der Waals surface area contributed by atoms with Crippen molar-refractivity contribution in [1.29, 1.82) is 0 Å². The number of hydrogen-bond donors (Lipinski definition) is 1. The fourth-order valence-corrected chi connectivity index (χ4v) is 2.94. The molecule has 2 aromatic rings. The standard InChI is InChI=1S/C19H19NO5S/c1-2-24-17(22)10-11-18(23)25-13-16(21)20-19(15-9-6-12-26-15)14-7-4-3-5-8-14/h3-12,19H,2,13H2,1H3,(H,20,21)/b11-10+/t19-/m0/s1. The Morgan fingerprint density at radius 1 is 1.04 bits per heavy atom. The molecule has 0 fully saturated rings. The van der Waals surface area contributed by atoms with Gasteiger partial charge in [-0.2, -0.15) is 0 Å². The number of nitrogens with one attached hydrogen (secondary N) is 1. The molecule has 1 atom stereocenters. The number of thiophene rings is 1. The highest BCUT2D eigenvalue weighted by Crippen LogP contribution is 2.25. The van der Waals surface area contributed by atoms with Crippen molar-refractivity contribution in [3.63, 3.8) is 0 Å². The minimum absolute atomic E-state index is 0.213. The second kappa shape index (κ2) is 10.1. The molecule has 1 aromatic carbocycles. The van der Waals surface area contributed by atoms with Crippen molar-refractivity contribution < 1.29 is 23.9 Å². The summed E-state index contributed by atoms with van der Waals surface area (Å²) < 4.78 is 9.49. The summed E-state index contributed by atoms with van der Waals surface area (Å²) in [5, 5.41) is 4.78. The van der Waals surface area contributed by atoms with Crippen molar-refractivity contribution in [3.05, 3.63) is 70.4 Å². The first-order chi connectivity index (χ1) is 12.6. The van der Waals surface area contributed by atoms with Crippen LogP contribution in [0.3, 0.4) is 0 Å². The maximum absolute atomic E-state index is 12.2. The van der Waals surface area contributed by atoms with Crippen molar-refractivity contribution in [2.45, 2.75) is 13.0 Å². The lowest BCUT2D eigenvalue weighted by Gasteiger charge is -2.18. The van der Waals surface area contributed by atoms with Gasteiger partial charge in [0.15, 0.2) is 6.61 Å². The highest BCUT2D eigenvalue weighted by Gasteiger charge is 2.18. The Labute approximate surface area is 155 Å². The first kappa shape index (κ1) is 19.4. The summed E-state index contributed by atoms with van der Waals surface area (Å²) in [4.78, 5) is 35.8. The van der Waals surface area contributed by atoms with Crippen LogP contribution in [0.15, 0.2) is 60.0 Å². The zero-order valence-corrected chi connectivity index (χ0v) is 15.0. The van der Waals surface area contributed by atoms with Crippen LogP contribution in [0.1, 0.15) is 23.4 Å². The van der Waals surface area contributed by atoms with Crippen LogP contribution in [0.5, 0.6) is 0 Å². The van der Waals surface area contributed by atoms with Crippen LogP contribution in [-0.2, 0) is 23.9 Å². The third-order valence-corrected chi connectivity index (χ3v) is 4.19. The summed E-state index contributed by atoms with van der Waals surface area (Å²) in [6.45, 7) is 1.43. The zero-order valence-electron chi connectivity index (χ0n) is 14.2. The number of hydrogen-bond acceptors (Lipinski definition) is 6. The van der Waals surface area contributed by atoms with Crippen molar-refractivity contribution >= 4 is 29.2 Å². The molecule has 0 saturated heterocycles. The van der Waals surface area contributed by atoms with Gasteiger partial charge in [0.25, 0.3) is 5.91 Å². The largest absolute Gasteiger partial charge is 0.463 e. The third kappa shape index (κ3) is 6.18. The first-order valence-corrected chi connectivity index (χ1v) is 8.87. The van der Waals surface area contributed by atoms with Crippen molar-refractivity contribution in [1.82, 2.24) is 5.32 Å². The number of amides is 1. The number of esters is 2. The van der Waals surface area contributed by atoms with Crippen LogP contribution in [0.2, 0.25) is 0 Å². The molecule has 0 aliphatic heterocycles. The molecule has 1 amide bonds. The third-order valence-electron chi connectivity index (χ3n) is 3.25. The van der Waals surface area contributed by atoms with Crippen molar-refractivity contribution in [2.24, 2.45) is 0 Å². The van der Waals surface area contributed by atoms with Gasteiger partial charge < -0.3 is 14.8 Å². The Bertz CT molecular complexity index is 756. The Morgan fingerprint density at radius 3 is 2.35 bits per heavy atom. The number of carbonyl (C=O) groups excluding carboxylic acids is 3. The lowest BCUT2D eigenvalue weighted by Crippen LogP contribution is -2.32. The van der Waals surface area contributed by atoms with E-state index in [2.05, 4.69) is 10.1 Å². The smallest absolute Gasteiger partial charge is 0.331 e. The van der Waals surface area contributed by atoms with E-state index in [1.54, 1.807) is 6.92 Å². The van der Waals surface area contributed by atoms with Gasteiger partial charge in [0.2, 0.25) is 0 Å². The molecule has 7 heteroatoms. The molecule has 1 N–H and O–H groups in total. The quantitative estimate of drug-likeness (QED) is 0.568. The van der Waals surface area contributed by atoms with Crippen LogP contribution in [0.4, 0.5) is 0 Å². The molecule has 1 aromatic heterocycles.